The molecule has 7 nitrogen and oxygen atoms in total. The molecule has 1 fully saturated rings. The Morgan fingerprint density at radius 1 is 1.35 bits per heavy atom. The Bertz CT molecular complexity index is 783. The second kappa shape index (κ2) is 5.64. The van der Waals surface area contributed by atoms with Gasteiger partial charge >= 0.3 is 5.97 Å². The number of hydrogen-bond donors (Lipinski definition) is 1. The maximum Gasteiger partial charge on any atom is 0.308 e. The van der Waals surface area contributed by atoms with Crippen molar-refractivity contribution in [3.05, 3.63) is 23.5 Å². The summed E-state index contributed by atoms with van der Waals surface area (Å²) in [6.07, 6.45) is 2.85. The number of carbonyl (C=O) groups is 2. The number of fused-ring (bicyclic) bond motifs is 1. The monoisotopic (exact) mass is 316 g/mol. The van der Waals surface area contributed by atoms with Gasteiger partial charge in [0.2, 0.25) is 0 Å². The van der Waals surface area contributed by atoms with Crippen molar-refractivity contribution in [2.75, 3.05) is 6.54 Å². The molecule has 1 amide bonds. The smallest absolute Gasteiger partial charge is 0.308 e. The standard InChI is InChI=1S/C16H20N4O3/c1-9-4-5-11(16(22)23)8-20(9)15(21)12-6-13-10(2)18-19(3)14(13)17-7-12/h6-7,9,11H,4-5,8H2,1-3H3,(H,22,23)/t9-,11-/m0/s1. The normalized spacial score (nSPS) is 21.6. The SMILES string of the molecule is Cc1nn(C)c2ncc(C(=O)N3C[C@@H](C(=O)O)CC[C@@H]3C)cc12. The van der Waals surface area contributed by atoms with E-state index in [4.69, 9.17) is 0 Å². The zero-order chi connectivity index (χ0) is 16.7. The second-order valence-electron chi connectivity index (χ2n) is 6.22. The number of carboxylic acid groups (broad SMARTS) is 1. The number of aryl methyl sites for hydroxylation is 2. The van der Waals surface area contributed by atoms with Gasteiger partial charge in [-0.05, 0) is 32.8 Å². The fourth-order valence-corrected chi connectivity index (χ4v) is 3.18. The molecule has 2 aromatic heterocycles. The number of piperidine rings is 1. The van der Waals surface area contributed by atoms with Gasteiger partial charge in [-0.1, -0.05) is 0 Å². The number of hydrogen-bond acceptors (Lipinski definition) is 4. The Kier molecular flexibility index (Phi) is 3.79. The van der Waals surface area contributed by atoms with Crippen molar-refractivity contribution in [3.8, 4) is 0 Å². The van der Waals surface area contributed by atoms with Crippen molar-refractivity contribution >= 4 is 22.9 Å². The van der Waals surface area contributed by atoms with Crippen molar-refractivity contribution in [1.82, 2.24) is 19.7 Å². The average molecular weight is 316 g/mol. The molecular formula is C16H20N4O3. The van der Waals surface area contributed by atoms with Gasteiger partial charge in [0, 0.05) is 31.2 Å². The van der Waals surface area contributed by atoms with Gasteiger partial charge in [-0.2, -0.15) is 5.10 Å². The molecule has 0 aliphatic carbocycles. The number of pyridine rings is 1. The van der Waals surface area contributed by atoms with Crippen LogP contribution in [0.3, 0.4) is 0 Å². The zero-order valence-electron chi connectivity index (χ0n) is 13.5. The lowest BCUT2D eigenvalue weighted by Gasteiger charge is -2.36. The lowest BCUT2D eigenvalue weighted by molar-refractivity contribution is -0.143. The van der Waals surface area contributed by atoms with Gasteiger partial charge in [-0.25, -0.2) is 4.98 Å². The number of rotatable bonds is 2. The molecule has 0 saturated carbocycles. The summed E-state index contributed by atoms with van der Waals surface area (Å²) in [6, 6.07) is 1.83. The molecule has 1 saturated heterocycles. The van der Waals surface area contributed by atoms with Crippen LogP contribution in [0.4, 0.5) is 0 Å². The highest BCUT2D eigenvalue weighted by Gasteiger charge is 2.33. The van der Waals surface area contributed by atoms with Crippen LogP contribution in [-0.4, -0.2) is 49.2 Å². The number of nitrogens with zero attached hydrogens (tertiary/aromatic N) is 4. The molecule has 3 rings (SSSR count). The third kappa shape index (κ3) is 2.67. The first kappa shape index (κ1) is 15.5. The quantitative estimate of drug-likeness (QED) is 0.909. The van der Waals surface area contributed by atoms with E-state index in [1.54, 1.807) is 21.8 Å². The summed E-state index contributed by atoms with van der Waals surface area (Å²) in [4.78, 5) is 30.0. The number of aliphatic carboxylic acids is 1. The number of carbonyl (C=O) groups excluding carboxylic acids is 1. The molecule has 0 bridgehead atoms. The van der Waals surface area contributed by atoms with Crippen LogP contribution in [-0.2, 0) is 11.8 Å². The van der Waals surface area contributed by atoms with E-state index in [0.717, 1.165) is 16.7 Å². The van der Waals surface area contributed by atoms with E-state index >= 15 is 0 Å². The molecule has 1 aliphatic heterocycles. The summed E-state index contributed by atoms with van der Waals surface area (Å²) in [7, 11) is 1.81. The first-order valence-corrected chi connectivity index (χ1v) is 7.71. The van der Waals surface area contributed by atoms with Crippen LogP contribution in [0.2, 0.25) is 0 Å². The van der Waals surface area contributed by atoms with E-state index in [1.165, 1.54) is 0 Å². The molecule has 2 aromatic rings. The molecule has 122 valence electrons. The molecular weight excluding hydrogens is 296 g/mol. The van der Waals surface area contributed by atoms with Crippen molar-refractivity contribution in [2.45, 2.75) is 32.7 Å². The van der Waals surface area contributed by atoms with Gasteiger partial charge in [-0.3, -0.25) is 14.3 Å². The Morgan fingerprint density at radius 2 is 2.09 bits per heavy atom. The first-order chi connectivity index (χ1) is 10.9. The second-order valence-corrected chi connectivity index (χ2v) is 6.22. The van der Waals surface area contributed by atoms with Gasteiger partial charge in [0.05, 0.1) is 17.2 Å². The molecule has 0 spiro atoms. The van der Waals surface area contributed by atoms with Gasteiger partial charge in [0.1, 0.15) is 0 Å². The maximum absolute atomic E-state index is 12.8. The Balaban J connectivity index is 1.92. The fourth-order valence-electron chi connectivity index (χ4n) is 3.18. The molecule has 1 N–H and O–H groups in total. The van der Waals surface area contributed by atoms with E-state index in [0.29, 0.717) is 18.4 Å². The first-order valence-electron chi connectivity index (χ1n) is 7.71. The third-order valence-electron chi connectivity index (χ3n) is 4.60. The van der Waals surface area contributed by atoms with Gasteiger partial charge in [0.25, 0.3) is 5.91 Å². The van der Waals surface area contributed by atoms with E-state index in [9.17, 15) is 14.7 Å². The molecule has 23 heavy (non-hydrogen) atoms. The Hall–Kier alpha value is -2.44. The van der Waals surface area contributed by atoms with E-state index in [2.05, 4.69) is 10.1 Å². The van der Waals surface area contributed by atoms with E-state index in [-0.39, 0.29) is 18.5 Å². The maximum atomic E-state index is 12.8. The molecule has 3 heterocycles. The van der Waals surface area contributed by atoms with Crippen LogP contribution in [0.15, 0.2) is 12.3 Å². The third-order valence-corrected chi connectivity index (χ3v) is 4.60. The lowest BCUT2D eigenvalue weighted by Crippen LogP contribution is -2.47. The average Bonchev–Trinajstić information content (AvgIpc) is 2.81. The van der Waals surface area contributed by atoms with Crippen molar-refractivity contribution in [1.29, 1.82) is 0 Å². The molecule has 2 atom stereocenters. The molecule has 7 heteroatoms. The lowest BCUT2D eigenvalue weighted by atomic mass is 9.93. The summed E-state index contributed by atoms with van der Waals surface area (Å²) in [5, 5.41) is 14.4. The Morgan fingerprint density at radius 3 is 2.78 bits per heavy atom. The molecule has 1 aliphatic rings. The summed E-state index contributed by atoms with van der Waals surface area (Å²) < 4.78 is 1.68. The predicted molar refractivity (Wildman–Crippen MR) is 84.1 cm³/mol. The van der Waals surface area contributed by atoms with E-state index in [1.807, 2.05) is 20.9 Å². The van der Waals surface area contributed by atoms with Crippen LogP contribution < -0.4 is 0 Å². The zero-order valence-corrected chi connectivity index (χ0v) is 13.5. The summed E-state index contributed by atoms with van der Waals surface area (Å²) in [5.74, 6) is -1.50. The topological polar surface area (TPSA) is 88.3 Å². The number of likely N-dealkylation sites (tertiary alicyclic amines) is 1. The van der Waals surface area contributed by atoms with Crippen LogP contribution in [0.25, 0.3) is 11.0 Å². The van der Waals surface area contributed by atoms with Crippen LogP contribution in [0.1, 0.15) is 35.8 Å². The van der Waals surface area contributed by atoms with Crippen LogP contribution in [0.5, 0.6) is 0 Å². The minimum atomic E-state index is -0.841. The molecule has 0 unspecified atom stereocenters. The number of carboxylic acids is 1. The highest BCUT2D eigenvalue weighted by molar-refractivity contribution is 5.97. The minimum Gasteiger partial charge on any atom is -0.481 e. The fraction of sp³-hybridized carbons (Fsp3) is 0.500. The predicted octanol–water partition coefficient (Wildman–Crippen LogP) is 1.60. The van der Waals surface area contributed by atoms with Crippen molar-refractivity contribution in [2.24, 2.45) is 13.0 Å². The molecule has 0 aromatic carbocycles. The van der Waals surface area contributed by atoms with Crippen molar-refractivity contribution in [3.63, 3.8) is 0 Å². The van der Waals surface area contributed by atoms with Gasteiger partial charge < -0.3 is 10.0 Å². The van der Waals surface area contributed by atoms with Crippen molar-refractivity contribution < 1.29 is 14.7 Å². The highest BCUT2D eigenvalue weighted by atomic mass is 16.4. The van der Waals surface area contributed by atoms with Gasteiger partial charge in [-0.15, -0.1) is 0 Å². The summed E-state index contributed by atoms with van der Waals surface area (Å²) in [6.45, 7) is 4.08. The highest BCUT2D eigenvalue weighted by Crippen LogP contribution is 2.25. The van der Waals surface area contributed by atoms with Gasteiger partial charge in [0.15, 0.2) is 5.65 Å². The number of aromatic nitrogens is 3. The summed E-state index contributed by atoms with van der Waals surface area (Å²) >= 11 is 0. The minimum absolute atomic E-state index is 0.0313. The Labute approximate surface area is 133 Å². The van der Waals surface area contributed by atoms with E-state index < -0.39 is 11.9 Å². The molecule has 0 radical (unpaired) electrons. The largest absolute Gasteiger partial charge is 0.481 e. The van der Waals surface area contributed by atoms with Crippen LogP contribution in [0, 0.1) is 12.8 Å². The number of amides is 1. The summed E-state index contributed by atoms with van der Waals surface area (Å²) in [5.41, 5.74) is 2.03. The van der Waals surface area contributed by atoms with Crippen LogP contribution >= 0.6 is 0 Å².